The maximum atomic E-state index is 3.55. The molecule has 0 aromatic heterocycles. The van der Waals surface area contributed by atoms with Crippen LogP contribution in [-0.4, -0.2) is 11.5 Å². The van der Waals surface area contributed by atoms with Crippen molar-refractivity contribution in [3.63, 3.8) is 0 Å². The standard InChI is InChI=1S/C15H19P.2C5H5.Zr/c1-14(2,3)11-16-13-10-15(13,4)12-8-6-5-7-9-12;2*1-2-4-5-3-1;/h5-10,13H,1-4H3;2*1-5H;/q-2;-5;-1;. The van der Waals surface area contributed by atoms with Crippen LogP contribution in [0.3, 0.4) is 0 Å². The van der Waals surface area contributed by atoms with Gasteiger partial charge < -0.3 is 50.8 Å². The van der Waals surface area contributed by atoms with Gasteiger partial charge in [-0.2, -0.15) is 34.7 Å². The predicted molar refractivity (Wildman–Crippen MR) is 117 cm³/mol. The first-order valence-corrected chi connectivity index (χ1v) is 10.1. The van der Waals surface area contributed by atoms with Gasteiger partial charge in [0.2, 0.25) is 0 Å². The third-order valence-electron chi connectivity index (χ3n) is 4.06. The van der Waals surface area contributed by atoms with Gasteiger partial charge in [0.25, 0.3) is 0 Å². The van der Waals surface area contributed by atoms with Crippen LogP contribution in [0.2, 0.25) is 0 Å². The Labute approximate surface area is 186 Å². The Hall–Kier alpha value is -1.03. The van der Waals surface area contributed by atoms with Crippen LogP contribution >= 0.6 is 8.20 Å². The fourth-order valence-electron chi connectivity index (χ4n) is 2.42. The minimum Gasteiger partial charge on any atom is -0.748 e. The van der Waals surface area contributed by atoms with Crippen molar-refractivity contribution in [1.82, 2.24) is 0 Å². The van der Waals surface area contributed by atoms with Gasteiger partial charge in [0.05, 0.1) is 0 Å². The Kier molecular flexibility index (Phi) is 10.4. The van der Waals surface area contributed by atoms with Crippen LogP contribution < -0.4 is 0 Å². The zero-order valence-corrected chi connectivity index (χ0v) is 20.1. The van der Waals surface area contributed by atoms with Gasteiger partial charge in [0.1, 0.15) is 0 Å². The Morgan fingerprint density at radius 3 is 1.81 bits per heavy atom. The van der Waals surface area contributed by atoms with E-state index >= 15 is 0 Å². The molecule has 2 atom stereocenters. The minimum atomic E-state index is 0. The van der Waals surface area contributed by atoms with Gasteiger partial charge in [-0.15, -0.1) is 0 Å². The van der Waals surface area contributed by atoms with E-state index in [2.05, 4.69) is 70.2 Å². The molecule has 3 aromatic carbocycles. The average molecular weight is 452 g/mol. The van der Waals surface area contributed by atoms with Crippen molar-refractivity contribution in [2.75, 3.05) is 0 Å². The summed E-state index contributed by atoms with van der Waals surface area (Å²) in [6, 6.07) is 30.8. The van der Waals surface area contributed by atoms with Gasteiger partial charge in [-0.1, -0.05) is 63.6 Å². The molecule has 1 aliphatic carbocycles. The summed E-state index contributed by atoms with van der Waals surface area (Å²) in [5, 5.41) is 0. The normalized spacial score (nSPS) is 20.5. The van der Waals surface area contributed by atoms with E-state index in [-0.39, 0.29) is 37.0 Å². The maximum Gasteiger partial charge on any atom is 0 e. The number of hydrogen-bond acceptors (Lipinski definition) is 0. The molecule has 146 valence electrons. The number of rotatable bonds is 2. The van der Waals surface area contributed by atoms with Crippen LogP contribution in [0.1, 0.15) is 33.3 Å². The molecule has 0 saturated heterocycles. The van der Waals surface area contributed by atoms with E-state index in [4.69, 9.17) is 0 Å². The first-order chi connectivity index (χ1) is 12.4. The van der Waals surface area contributed by atoms with Crippen molar-refractivity contribution in [1.29, 1.82) is 0 Å². The van der Waals surface area contributed by atoms with E-state index in [0.29, 0.717) is 5.66 Å². The molecule has 0 radical (unpaired) electrons. The summed E-state index contributed by atoms with van der Waals surface area (Å²) in [5.41, 5.74) is 2.56. The van der Waals surface area contributed by atoms with Crippen molar-refractivity contribution in [3.8, 4) is 0 Å². The van der Waals surface area contributed by atoms with Crippen LogP contribution in [-0.2, 0) is 31.6 Å². The molecule has 27 heavy (non-hydrogen) atoms. The second kappa shape index (κ2) is 11.7. The molecule has 3 aromatic rings. The fourth-order valence-corrected chi connectivity index (χ4v) is 3.75. The van der Waals surface area contributed by atoms with E-state index in [1.807, 2.05) is 60.7 Å². The van der Waals surface area contributed by atoms with Gasteiger partial charge in [-0.3, -0.25) is 0 Å². The fraction of sp³-hybridized carbons (Fsp3) is 0.280. The van der Waals surface area contributed by atoms with Gasteiger partial charge in [0, 0.05) is 26.2 Å². The SMILES string of the molecule is CC(C)(C)[C-]=PC1[CH-]C1(C)c1ccccc1.[Zr].[cH-]1[cH-][cH-][cH-][cH-]1.c1cc[cH-]c1. The third kappa shape index (κ3) is 9.14. The van der Waals surface area contributed by atoms with Crippen LogP contribution in [0.5, 0.6) is 0 Å². The summed E-state index contributed by atoms with van der Waals surface area (Å²) in [4.78, 5) is 0. The largest absolute Gasteiger partial charge is 0.748 e. The second-order valence-corrected chi connectivity index (χ2v) is 8.71. The molecule has 0 nitrogen and oxygen atoms in total. The first kappa shape index (κ1) is 24.0. The molecule has 2 heteroatoms. The average Bonchev–Trinajstić information content (AvgIpc) is 3.15. The van der Waals surface area contributed by atoms with Crippen LogP contribution in [0.15, 0.2) is 91.0 Å². The van der Waals surface area contributed by atoms with Gasteiger partial charge in [-0.25, -0.2) is 12.1 Å². The van der Waals surface area contributed by atoms with Gasteiger partial charge in [0.15, 0.2) is 0 Å². The molecule has 2 unspecified atom stereocenters. The molecule has 0 amide bonds. The topological polar surface area (TPSA) is 0 Å². The van der Waals surface area contributed by atoms with Crippen molar-refractivity contribution < 1.29 is 26.2 Å². The number of benzene rings is 1. The van der Waals surface area contributed by atoms with Crippen molar-refractivity contribution in [2.45, 2.75) is 38.8 Å². The van der Waals surface area contributed by atoms with Gasteiger partial charge in [-0.05, 0) is 0 Å². The Morgan fingerprint density at radius 2 is 1.41 bits per heavy atom. The Bertz CT molecular complexity index is 660. The Balaban J connectivity index is 0.000000270. The summed E-state index contributed by atoms with van der Waals surface area (Å²) >= 11 is 0. The minimum absolute atomic E-state index is 0. The summed E-state index contributed by atoms with van der Waals surface area (Å²) in [6.07, 6.45) is 2.43. The van der Waals surface area contributed by atoms with Crippen LogP contribution in [0.25, 0.3) is 0 Å². The molecule has 1 saturated carbocycles. The first-order valence-electron chi connectivity index (χ1n) is 9.14. The smallest absolute Gasteiger partial charge is 0 e. The predicted octanol–water partition coefficient (Wildman–Crippen LogP) is 7.01. The van der Waals surface area contributed by atoms with E-state index in [9.17, 15) is 0 Å². The molecule has 4 rings (SSSR count). The molecule has 0 aliphatic heterocycles. The van der Waals surface area contributed by atoms with Gasteiger partial charge >= 0.3 is 0 Å². The summed E-state index contributed by atoms with van der Waals surface area (Å²) in [7, 11) is 1.33. The Morgan fingerprint density at radius 1 is 0.889 bits per heavy atom. The molecule has 1 fully saturated rings. The molecular formula is C25H29PZr-8. The van der Waals surface area contributed by atoms with Crippen molar-refractivity contribution >= 4 is 14.0 Å². The quantitative estimate of drug-likeness (QED) is 0.290. The van der Waals surface area contributed by atoms with Crippen molar-refractivity contribution in [2.24, 2.45) is 5.41 Å². The summed E-state index contributed by atoms with van der Waals surface area (Å²) in [5.74, 6) is 3.55. The van der Waals surface area contributed by atoms with Crippen LogP contribution in [0.4, 0.5) is 0 Å². The van der Waals surface area contributed by atoms with Crippen molar-refractivity contribution in [3.05, 3.63) is 103 Å². The van der Waals surface area contributed by atoms with E-state index in [0.717, 1.165) is 0 Å². The summed E-state index contributed by atoms with van der Waals surface area (Å²) in [6.45, 7) is 8.96. The number of hydrogen-bond donors (Lipinski definition) is 0. The van der Waals surface area contributed by atoms with E-state index < -0.39 is 0 Å². The molecule has 0 N–H and O–H groups in total. The zero-order valence-electron chi connectivity index (χ0n) is 16.8. The monoisotopic (exact) mass is 450 g/mol. The van der Waals surface area contributed by atoms with E-state index in [1.54, 1.807) is 0 Å². The maximum absolute atomic E-state index is 3.55. The zero-order chi connectivity index (χ0) is 18.9. The third-order valence-corrected chi connectivity index (χ3v) is 5.82. The van der Waals surface area contributed by atoms with Crippen LogP contribution in [0, 0.1) is 11.8 Å². The molecule has 1 aliphatic rings. The summed E-state index contributed by atoms with van der Waals surface area (Å²) < 4.78 is 0. The molecule has 0 heterocycles. The van der Waals surface area contributed by atoms with E-state index in [1.165, 1.54) is 13.8 Å². The molecule has 0 bridgehead atoms. The molecular weight excluding hydrogens is 422 g/mol. The second-order valence-electron chi connectivity index (χ2n) is 7.68. The molecule has 0 spiro atoms.